The molecule has 1 atom stereocenters. The van der Waals surface area contributed by atoms with Crippen molar-refractivity contribution in [1.82, 2.24) is 9.78 Å². The van der Waals surface area contributed by atoms with Crippen LogP contribution in [0.1, 0.15) is 17.5 Å². The molecule has 2 aliphatic heterocycles. The van der Waals surface area contributed by atoms with Crippen molar-refractivity contribution < 1.29 is 9.59 Å². The summed E-state index contributed by atoms with van der Waals surface area (Å²) in [5.74, 6) is -0.00520. The molecule has 3 heterocycles. The lowest BCUT2D eigenvalue weighted by atomic mass is 9.72. The van der Waals surface area contributed by atoms with Crippen LogP contribution < -0.4 is 10.2 Å². The molecule has 2 aliphatic rings. The smallest absolute Gasteiger partial charge is 0.242 e. The van der Waals surface area contributed by atoms with E-state index in [4.69, 9.17) is 23.2 Å². The van der Waals surface area contributed by atoms with E-state index < -0.39 is 5.41 Å². The van der Waals surface area contributed by atoms with Crippen molar-refractivity contribution >= 4 is 46.5 Å². The molecule has 1 N–H and O–H groups in total. The molecule has 0 fully saturated rings. The van der Waals surface area contributed by atoms with Gasteiger partial charge in [-0.15, -0.1) is 0 Å². The Bertz CT molecular complexity index is 1170. The molecule has 3 aromatic rings. The summed E-state index contributed by atoms with van der Waals surface area (Å²) in [4.78, 5) is 27.7. The molecule has 28 heavy (non-hydrogen) atoms. The van der Waals surface area contributed by atoms with E-state index >= 15 is 0 Å². The largest absolute Gasteiger partial charge is 0.314 e. The molecule has 1 spiro atoms. The fourth-order valence-corrected chi connectivity index (χ4v) is 4.57. The second-order valence-corrected chi connectivity index (χ2v) is 7.77. The summed E-state index contributed by atoms with van der Waals surface area (Å²) < 4.78 is 1.56. The average molecular weight is 413 g/mol. The highest BCUT2D eigenvalue weighted by atomic mass is 35.5. The van der Waals surface area contributed by atoms with E-state index in [0.717, 1.165) is 5.69 Å². The molecule has 8 heteroatoms. The predicted molar refractivity (Wildman–Crippen MR) is 107 cm³/mol. The van der Waals surface area contributed by atoms with Crippen LogP contribution in [0.25, 0.3) is 5.69 Å². The molecule has 0 aliphatic carbocycles. The Kier molecular flexibility index (Phi) is 3.60. The van der Waals surface area contributed by atoms with E-state index in [1.807, 2.05) is 12.1 Å². The number of carbonyl (C=O) groups is 2. The first-order valence-corrected chi connectivity index (χ1v) is 9.40. The highest BCUT2D eigenvalue weighted by molar-refractivity contribution is 6.32. The van der Waals surface area contributed by atoms with Crippen LogP contribution >= 0.6 is 23.2 Å². The van der Waals surface area contributed by atoms with Crippen LogP contribution in [0.5, 0.6) is 0 Å². The number of para-hydroxylation sites is 1. The highest BCUT2D eigenvalue weighted by Crippen LogP contribution is 2.52. The summed E-state index contributed by atoms with van der Waals surface area (Å²) in [7, 11) is 1.70. The van der Waals surface area contributed by atoms with Gasteiger partial charge in [0.1, 0.15) is 11.2 Å². The van der Waals surface area contributed by atoms with E-state index in [1.165, 1.54) is 0 Å². The maximum Gasteiger partial charge on any atom is 0.242 e. The van der Waals surface area contributed by atoms with Gasteiger partial charge in [0, 0.05) is 29.7 Å². The molecule has 1 aromatic heterocycles. The van der Waals surface area contributed by atoms with Gasteiger partial charge in [-0.3, -0.25) is 9.59 Å². The summed E-state index contributed by atoms with van der Waals surface area (Å²) in [5.41, 5.74) is 1.53. The van der Waals surface area contributed by atoms with Crippen LogP contribution in [0.4, 0.5) is 11.5 Å². The zero-order valence-electron chi connectivity index (χ0n) is 14.7. The number of likely N-dealkylation sites (N-methyl/N-ethyl adjacent to an activating group) is 1. The molecule has 2 aromatic carbocycles. The molecule has 0 saturated carbocycles. The van der Waals surface area contributed by atoms with Crippen molar-refractivity contribution in [1.29, 1.82) is 0 Å². The zero-order valence-corrected chi connectivity index (χ0v) is 16.3. The van der Waals surface area contributed by atoms with Crippen molar-refractivity contribution in [3.8, 4) is 5.69 Å². The number of hydrogen-bond acceptors (Lipinski definition) is 3. The maximum absolute atomic E-state index is 13.4. The fourth-order valence-electron chi connectivity index (χ4n) is 4.18. The normalized spacial score (nSPS) is 20.3. The number of nitrogens with one attached hydrogen (secondary N) is 1. The Morgan fingerprint density at radius 3 is 2.64 bits per heavy atom. The Morgan fingerprint density at radius 2 is 1.86 bits per heavy atom. The number of nitrogens with zero attached hydrogens (tertiary/aromatic N) is 3. The van der Waals surface area contributed by atoms with E-state index in [-0.39, 0.29) is 18.2 Å². The lowest BCUT2D eigenvalue weighted by Crippen LogP contribution is -2.45. The number of carbonyl (C=O) groups excluding carboxylic acids is 2. The summed E-state index contributed by atoms with van der Waals surface area (Å²) in [6.45, 7) is 0. The third kappa shape index (κ3) is 2.13. The van der Waals surface area contributed by atoms with Crippen molar-refractivity contribution in [2.24, 2.45) is 0 Å². The molecule has 0 unspecified atom stereocenters. The molecular formula is C20H14Cl2N4O2. The van der Waals surface area contributed by atoms with Gasteiger partial charge in [0.25, 0.3) is 0 Å². The fraction of sp³-hybridized carbons (Fsp3) is 0.150. The van der Waals surface area contributed by atoms with Crippen molar-refractivity contribution in [3.05, 3.63) is 69.8 Å². The first-order valence-electron chi connectivity index (χ1n) is 8.65. The topological polar surface area (TPSA) is 67.2 Å². The first kappa shape index (κ1) is 17.3. The van der Waals surface area contributed by atoms with Gasteiger partial charge in [-0.05, 0) is 35.9 Å². The monoisotopic (exact) mass is 412 g/mol. The van der Waals surface area contributed by atoms with Gasteiger partial charge in [-0.2, -0.15) is 5.10 Å². The quantitative estimate of drug-likeness (QED) is 0.660. The third-order valence-electron chi connectivity index (χ3n) is 5.44. The SMILES string of the molecule is CN1C(=O)[C@@]2(CC(=O)Nc3c2cnn3-c2ccccc2Cl)c2cc(Cl)ccc21. The summed E-state index contributed by atoms with van der Waals surface area (Å²) in [6, 6.07) is 12.5. The number of aromatic nitrogens is 2. The molecule has 2 amide bonds. The Morgan fingerprint density at radius 1 is 1.07 bits per heavy atom. The number of fused-ring (bicyclic) bond motifs is 4. The standard InChI is InChI=1S/C20H14Cl2N4O2/c1-25-15-7-6-11(21)8-12(15)20(19(25)28)9-17(27)24-18-13(20)10-23-26(18)16-5-3-2-4-14(16)22/h2-8,10H,9H2,1H3,(H,24,27)/t20-/m0/s1. The third-order valence-corrected chi connectivity index (χ3v) is 6.00. The summed E-state index contributed by atoms with van der Waals surface area (Å²) in [6.07, 6.45) is 1.62. The van der Waals surface area contributed by atoms with Crippen LogP contribution in [0, 0.1) is 0 Å². The average Bonchev–Trinajstić information content (AvgIpc) is 3.17. The minimum absolute atomic E-state index is 0.00920. The first-order chi connectivity index (χ1) is 13.4. The Hall–Kier alpha value is -2.83. The van der Waals surface area contributed by atoms with Crippen molar-refractivity contribution in [2.75, 3.05) is 17.3 Å². The molecule has 140 valence electrons. The number of halogens is 2. The van der Waals surface area contributed by atoms with Crippen LogP contribution in [0.15, 0.2) is 48.7 Å². The Balaban J connectivity index is 1.81. The van der Waals surface area contributed by atoms with Gasteiger partial charge in [0.15, 0.2) is 0 Å². The van der Waals surface area contributed by atoms with Gasteiger partial charge in [0.05, 0.1) is 16.9 Å². The maximum atomic E-state index is 13.4. The number of amides is 2. The molecular weight excluding hydrogens is 399 g/mol. The molecule has 6 nitrogen and oxygen atoms in total. The van der Waals surface area contributed by atoms with E-state index in [0.29, 0.717) is 32.7 Å². The van der Waals surface area contributed by atoms with Crippen LogP contribution in [-0.2, 0) is 15.0 Å². The number of hydrogen-bond donors (Lipinski definition) is 1. The predicted octanol–water partition coefficient (Wildman–Crippen LogP) is 3.78. The van der Waals surface area contributed by atoms with E-state index in [1.54, 1.807) is 53.2 Å². The van der Waals surface area contributed by atoms with Crippen molar-refractivity contribution in [2.45, 2.75) is 11.8 Å². The zero-order chi connectivity index (χ0) is 19.6. The molecule has 0 radical (unpaired) electrons. The second-order valence-electron chi connectivity index (χ2n) is 6.93. The van der Waals surface area contributed by atoms with Gasteiger partial charge >= 0.3 is 0 Å². The van der Waals surface area contributed by atoms with E-state index in [2.05, 4.69) is 10.4 Å². The molecule has 5 rings (SSSR count). The minimum Gasteiger partial charge on any atom is -0.314 e. The Labute approximate surface area is 170 Å². The van der Waals surface area contributed by atoms with Gasteiger partial charge in [-0.1, -0.05) is 35.3 Å². The lowest BCUT2D eigenvalue weighted by Gasteiger charge is -2.32. The van der Waals surface area contributed by atoms with Crippen LogP contribution in [0.2, 0.25) is 10.0 Å². The van der Waals surface area contributed by atoms with Crippen molar-refractivity contribution in [3.63, 3.8) is 0 Å². The second kappa shape index (κ2) is 5.83. The van der Waals surface area contributed by atoms with Gasteiger partial charge in [0.2, 0.25) is 11.8 Å². The van der Waals surface area contributed by atoms with Gasteiger partial charge in [-0.25, -0.2) is 4.68 Å². The molecule has 0 bridgehead atoms. The van der Waals surface area contributed by atoms with Crippen LogP contribution in [0.3, 0.4) is 0 Å². The molecule has 0 saturated heterocycles. The summed E-state index contributed by atoms with van der Waals surface area (Å²) in [5, 5.41) is 8.31. The van der Waals surface area contributed by atoms with Gasteiger partial charge < -0.3 is 10.2 Å². The minimum atomic E-state index is -1.16. The van der Waals surface area contributed by atoms with E-state index in [9.17, 15) is 9.59 Å². The summed E-state index contributed by atoms with van der Waals surface area (Å²) >= 11 is 12.6. The lowest BCUT2D eigenvalue weighted by molar-refractivity contribution is -0.126. The highest BCUT2D eigenvalue weighted by Gasteiger charge is 2.56. The number of rotatable bonds is 1. The number of anilines is 2. The van der Waals surface area contributed by atoms with Crippen LogP contribution in [-0.4, -0.2) is 28.6 Å². The number of benzene rings is 2.